The van der Waals surface area contributed by atoms with Gasteiger partial charge in [0.2, 0.25) is 16.0 Å². The fourth-order valence-electron chi connectivity index (χ4n) is 2.02. The zero-order chi connectivity index (χ0) is 17.2. The second-order valence-corrected chi connectivity index (χ2v) is 6.85. The number of nitrogens with one attached hydrogen (secondary N) is 1. The van der Waals surface area contributed by atoms with Gasteiger partial charge < -0.3 is 9.47 Å². The van der Waals surface area contributed by atoms with E-state index in [2.05, 4.69) is 9.71 Å². The highest BCUT2D eigenvalue weighted by Crippen LogP contribution is 2.16. The predicted octanol–water partition coefficient (Wildman–Crippen LogP) is 0.975. The number of sulfonamides is 1. The summed E-state index contributed by atoms with van der Waals surface area (Å²) in [5.41, 5.74) is 0.350. The highest BCUT2D eigenvalue weighted by Gasteiger charge is 2.17. The van der Waals surface area contributed by atoms with Gasteiger partial charge >= 0.3 is 0 Å². The van der Waals surface area contributed by atoms with Gasteiger partial charge in [0.1, 0.15) is 11.9 Å². The molecule has 0 aliphatic rings. The zero-order valence-corrected chi connectivity index (χ0v) is 13.7. The summed E-state index contributed by atoms with van der Waals surface area (Å²) in [5.74, 6) is -0.0681. The van der Waals surface area contributed by atoms with E-state index >= 15 is 0 Å². The van der Waals surface area contributed by atoms with Crippen LogP contribution in [0.1, 0.15) is 11.3 Å². The number of benzene rings is 1. The minimum Gasteiger partial charge on any atom is -0.348 e. The standard InChI is InChI=1S/C14H16FN5O2S/c1-19(2)14-17-8-11(20(14)3)9-18-23(21,22)12-4-5-13(15)10(6-12)7-16/h4-6,8,18H,9H2,1-3H3. The van der Waals surface area contributed by atoms with Gasteiger partial charge in [-0.1, -0.05) is 0 Å². The average molecular weight is 337 g/mol. The lowest BCUT2D eigenvalue weighted by molar-refractivity contribution is 0.578. The highest BCUT2D eigenvalue weighted by atomic mass is 32.2. The summed E-state index contributed by atoms with van der Waals surface area (Å²) in [4.78, 5) is 5.83. The highest BCUT2D eigenvalue weighted by molar-refractivity contribution is 7.89. The third-order valence-electron chi connectivity index (χ3n) is 3.27. The van der Waals surface area contributed by atoms with Crippen molar-refractivity contribution in [3.63, 3.8) is 0 Å². The number of hydrogen-bond acceptors (Lipinski definition) is 5. The Morgan fingerprint density at radius 2 is 2.13 bits per heavy atom. The van der Waals surface area contributed by atoms with Gasteiger partial charge in [-0.25, -0.2) is 22.5 Å². The number of rotatable bonds is 5. The van der Waals surface area contributed by atoms with Gasteiger partial charge in [-0.2, -0.15) is 5.26 Å². The summed E-state index contributed by atoms with van der Waals surface area (Å²) in [6, 6.07) is 4.70. The molecule has 0 bridgehead atoms. The summed E-state index contributed by atoms with van der Waals surface area (Å²) in [5, 5.41) is 8.79. The van der Waals surface area contributed by atoms with Crippen LogP contribution in [0, 0.1) is 17.1 Å². The van der Waals surface area contributed by atoms with Crippen molar-refractivity contribution in [3.05, 3.63) is 41.5 Å². The molecule has 0 saturated carbocycles. The van der Waals surface area contributed by atoms with E-state index in [0.29, 0.717) is 11.6 Å². The molecule has 1 N–H and O–H groups in total. The molecule has 122 valence electrons. The second kappa shape index (κ2) is 6.36. The summed E-state index contributed by atoms with van der Waals surface area (Å²) in [6.07, 6.45) is 1.57. The number of aromatic nitrogens is 2. The first-order chi connectivity index (χ1) is 10.8. The fraction of sp³-hybridized carbons (Fsp3) is 0.286. The molecular weight excluding hydrogens is 321 g/mol. The summed E-state index contributed by atoms with van der Waals surface area (Å²) in [6.45, 7) is 0.0267. The number of imidazole rings is 1. The van der Waals surface area contributed by atoms with Crippen molar-refractivity contribution in [1.82, 2.24) is 14.3 Å². The average Bonchev–Trinajstić information content (AvgIpc) is 2.86. The molecule has 2 rings (SSSR count). The molecule has 0 spiro atoms. The maximum absolute atomic E-state index is 13.3. The van der Waals surface area contributed by atoms with Crippen LogP contribution in [0.25, 0.3) is 0 Å². The van der Waals surface area contributed by atoms with E-state index in [9.17, 15) is 12.8 Å². The topological polar surface area (TPSA) is 91.0 Å². The van der Waals surface area contributed by atoms with Gasteiger partial charge in [-0.15, -0.1) is 0 Å². The van der Waals surface area contributed by atoms with Crippen molar-refractivity contribution in [3.8, 4) is 6.07 Å². The van der Waals surface area contributed by atoms with Crippen LogP contribution in [0.2, 0.25) is 0 Å². The first kappa shape index (κ1) is 16.9. The summed E-state index contributed by atoms with van der Waals surface area (Å²) < 4.78 is 42.0. The third-order valence-corrected chi connectivity index (χ3v) is 4.67. The van der Waals surface area contributed by atoms with Crippen molar-refractivity contribution in [2.45, 2.75) is 11.4 Å². The molecule has 0 radical (unpaired) electrons. The summed E-state index contributed by atoms with van der Waals surface area (Å²) >= 11 is 0. The molecule has 0 atom stereocenters. The Morgan fingerprint density at radius 3 is 2.70 bits per heavy atom. The van der Waals surface area contributed by atoms with Crippen molar-refractivity contribution in [1.29, 1.82) is 5.26 Å². The van der Waals surface area contributed by atoms with Gasteiger partial charge in [0.15, 0.2) is 0 Å². The molecule has 0 aliphatic heterocycles. The molecule has 7 nitrogen and oxygen atoms in total. The lowest BCUT2D eigenvalue weighted by Crippen LogP contribution is -2.25. The number of nitrogens with zero attached hydrogens (tertiary/aromatic N) is 4. The Kier molecular flexibility index (Phi) is 4.68. The molecule has 0 unspecified atom stereocenters. The van der Waals surface area contributed by atoms with Gasteiger partial charge in [0.05, 0.1) is 28.9 Å². The van der Waals surface area contributed by atoms with E-state index in [1.165, 1.54) is 0 Å². The fourth-order valence-corrected chi connectivity index (χ4v) is 3.05. The van der Waals surface area contributed by atoms with Gasteiger partial charge in [0, 0.05) is 21.1 Å². The Bertz CT molecular complexity index is 868. The van der Waals surface area contributed by atoms with Gasteiger partial charge in [-0.05, 0) is 18.2 Å². The van der Waals surface area contributed by atoms with Crippen LogP contribution in [0.3, 0.4) is 0 Å². The van der Waals surface area contributed by atoms with Crippen molar-refractivity contribution >= 4 is 16.0 Å². The zero-order valence-electron chi connectivity index (χ0n) is 12.9. The second-order valence-electron chi connectivity index (χ2n) is 5.08. The minimum atomic E-state index is -3.86. The monoisotopic (exact) mass is 337 g/mol. The summed E-state index contributed by atoms with van der Waals surface area (Å²) in [7, 11) is 1.58. The van der Waals surface area contributed by atoms with Crippen LogP contribution in [0.4, 0.5) is 10.3 Å². The quantitative estimate of drug-likeness (QED) is 0.878. The number of hydrogen-bond donors (Lipinski definition) is 1. The largest absolute Gasteiger partial charge is 0.348 e. The number of nitriles is 1. The van der Waals surface area contributed by atoms with Gasteiger partial charge in [0.25, 0.3) is 0 Å². The Balaban J connectivity index is 2.21. The molecule has 2 aromatic rings. The third kappa shape index (κ3) is 3.49. The van der Waals surface area contributed by atoms with E-state index in [4.69, 9.17) is 5.26 Å². The van der Waals surface area contributed by atoms with Crippen molar-refractivity contribution < 1.29 is 12.8 Å². The van der Waals surface area contributed by atoms with Crippen LogP contribution in [-0.4, -0.2) is 32.1 Å². The van der Waals surface area contributed by atoms with Crippen molar-refractivity contribution in [2.75, 3.05) is 19.0 Å². The Labute approximate surface area is 134 Å². The molecule has 0 saturated heterocycles. The van der Waals surface area contributed by atoms with Crippen LogP contribution in [0.5, 0.6) is 0 Å². The predicted molar refractivity (Wildman–Crippen MR) is 82.7 cm³/mol. The van der Waals surface area contributed by atoms with Crippen LogP contribution >= 0.6 is 0 Å². The van der Waals surface area contributed by atoms with Crippen LogP contribution in [-0.2, 0) is 23.6 Å². The minimum absolute atomic E-state index is 0.0267. The SMILES string of the molecule is CN(C)c1ncc(CNS(=O)(=O)c2ccc(F)c(C#N)c2)n1C. The molecular formula is C14H16FN5O2S. The first-order valence-corrected chi connectivity index (χ1v) is 8.12. The van der Waals surface area contributed by atoms with E-state index < -0.39 is 15.8 Å². The lowest BCUT2D eigenvalue weighted by atomic mass is 10.2. The molecule has 0 amide bonds. The van der Waals surface area contributed by atoms with E-state index in [1.54, 1.807) is 28.8 Å². The van der Waals surface area contributed by atoms with Crippen molar-refractivity contribution in [2.24, 2.45) is 7.05 Å². The number of anilines is 1. The molecule has 1 aromatic heterocycles. The first-order valence-electron chi connectivity index (χ1n) is 6.63. The number of halogens is 1. The molecule has 0 aliphatic carbocycles. The van der Waals surface area contributed by atoms with E-state index in [1.807, 2.05) is 14.1 Å². The molecule has 9 heteroatoms. The maximum atomic E-state index is 13.3. The van der Waals surface area contributed by atoms with Gasteiger partial charge in [-0.3, -0.25) is 0 Å². The Hall–Kier alpha value is -2.44. The maximum Gasteiger partial charge on any atom is 0.240 e. The van der Waals surface area contributed by atoms with E-state index in [-0.39, 0.29) is 17.0 Å². The van der Waals surface area contributed by atoms with E-state index in [0.717, 1.165) is 18.2 Å². The molecule has 0 fully saturated rings. The molecule has 23 heavy (non-hydrogen) atoms. The van der Waals surface area contributed by atoms with Crippen LogP contribution in [0.15, 0.2) is 29.3 Å². The lowest BCUT2D eigenvalue weighted by Gasteiger charge is -2.13. The molecule has 1 aromatic carbocycles. The molecule has 1 heterocycles. The normalized spacial score (nSPS) is 11.3. The smallest absolute Gasteiger partial charge is 0.240 e. The van der Waals surface area contributed by atoms with Crippen LogP contribution < -0.4 is 9.62 Å². The Morgan fingerprint density at radius 1 is 1.43 bits per heavy atom.